The monoisotopic (exact) mass is 367 g/mol. The maximum atomic E-state index is 13.6. The van der Waals surface area contributed by atoms with Crippen LogP contribution in [0.25, 0.3) is 0 Å². The average molecular weight is 368 g/mol. The second-order valence-corrected chi connectivity index (χ2v) is 6.47. The van der Waals surface area contributed by atoms with E-state index in [0.29, 0.717) is 5.56 Å². The molecule has 0 fully saturated rings. The van der Waals surface area contributed by atoms with Crippen LogP contribution in [0, 0.1) is 12.7 Å². The fraction of sp³-hybridized carbons (Fsp3) is 0.176. The van der Waals surface area contributed by atoms with E-state index in [1.807, 2.05) is 0 Å². The number of benzene rings is 2. The van der Waals surface area contributed by atoms with Gasteiger partial charge in [-0.15, -0.1) is 0 Å². The lowest BCUT2D eigenvalue weighted by Gasteiger charge is -2.21. The first kappa shape index (κ1) is 16.9. The van der Waals surface area contributed by atoms with Gasteiger partial charge in [0.15, 0.2) is 11.4 Å². The molecule has 2 aromatic rings. The molecule has 0 saturated heterocycles. The minimum absolute atomic E-state index is 0.0580. The molecule has 0 aliphatic carbocycles. The molecule has 1 amide bonds. The topological polar surface area (TPSA) is 66.4 Å². The Morgan fingerprint density at radius 1 is 1.25 bits per heavy atom. The van der Waals surface area contributed by atoms with E-state index in [1.165, 1.54) is 24.3 Å². The molecule has 0 saturated carbocycles. The largest absolute Gasteiger partial charge is 0.375 e. The fourth-order valence-electron chi connectivity index (χ4n) is 2.68. The van der Waals surface area contributed by atoms with Crippen molar-refractivity contribution in [3.05, 3.63) is 62.9 Å². The molecule has 4 nitrogen and oxygen atoms in total. The number of rotatable bonds is 3. The van der Waals surface area contributed by atoms with Gasteiger partial charge >= 0.3 is 0 Å². The Morgan fingerprint density at radius 3 is 2.58 bits per heavy atom. The van der Waals surface area contributed by atoms with Crippen LogP contribution in [-0.4, -0.2) is 16.8 Å². The van der Waals surface area contributed by atoms with E-state index < -0.39 is 29.5 Å². The molecule has 24 heavy (non-hydrogen) atoms. The van der Waals surface area contributed by atoms with Crippen LogP contribution in [0.5, 0.6) is 0 Å². The zero-order valence-electron chi connectivity index (χ0n) is 12.5. The van der Waals surface area contributed by atoms with Crippen molar-refractivity contribution in [3.63, 3.8) is 0 Å². The molecule has 1 aliphatic rings. The molecule has 1 unspecified atom stereocenters. The van der Waals surface area contributed by atoms with Crippen LogP contribution in [0.2, 0.25) is 10.0 Å². The maximum Gasteiger partial charge on any atom is 0.261 e. The van der Waals surface area contributed by atoms with Crippen LogP contribution in [0.15, 0.2) is 30.3 Å². The summed E-state index contributed by atoms with van der Waals surface area (Å²) in [7, 11) is 0. The van der Waals surface area contributed by atoms with E-state index in [4.69, 9.17) is 23.2 Å². The molecule has 0 spiro atoms. The number of halogens is 3. The van der Waals surface area contributed by atoms with Crippen molar-refractivity contribution in [1.82, 2.24) is 0 Å². The maximum absolute atomic E-state index is 13.6. The molecule has 124 valence electrons. The van der Waals surface area contributed by atoms with E-state index in [2.05, 4.69) is 5.32 Å². The molecule has 2 aromatic carbocycles. The Morgan fingerprint density at radius 2 is 1.92 bits per heavy atom. The molecule has 1 aliphatic heterocycles. The van der Waals surface area contributed by atoms with Gasteiger partial charge in [-0.3, -0.25) is 9.59 Å². The highest BCUT2D eigenvalue weighted by Gasteiger charge is 2.49. The highest BCUT2D eigenvalue weighted by molar-refractivity contribution is 6.38. The zero-order chi connectivity index (χ0) is 17.6. The van der Waals surface area contributed by atoms with E-state index in [1.54, 1.807) is 6.92 Å². The SMILES string of the molecule is Cc1ccc(C(=O)CC2(O)C(=O)Nc3c(Cl)ccc(Cl)c32)cc1F. The second kappa shape index (κ2) is 5.84. The third-order valence-corrected chi connectivity index (χ3v) is 4.67. The number of aliphatic hydroxyl groups is 1. The first-order chi connectivity index (χ1) is 11.2. The summed E-state index contributed by atoms with van der Waals surface area (Å²) in [5, 5.41) is 13.6. The van der Waals surface area contributed by atoms with Gasteiger partial charge in [-0.1, -0.05) is 35.3 Å². The number of hydrogen-bond acceptors (Lipinski definition) is 3. The van der Waals surface area contributed by atoms with Gasteiger partial charge in [0.1, 0.15) is 5.82 Å². The van der Waals surface area contributed by atoms with Crippen molar-refractivity contribution in [1.29, 1.82) is 0 Å². The van der Waals surface area contributed by atoms with E-state index in [0.717, 1.165) is 6.07 Å². The lowest BCUT2D eigenvalue weighted by molar-refractivity contribution is -0.133. The average Bonchev–Trinajstić information content (AvgIpc) is 2.78. The summed E-state index contributed by atoms with van der Waals surface area (Å²) in [6.45, 7) is 1.57. The van der Waals surface area contributed by atoms with Crippen molar-refractivity contribution < 1.29 is 19.1 Å². The third kappa shape index (κ3) is 2.59. The van der Waals surface area contributed by atoms with Crippen LogP contribution in [-0.2, 0) is 10.4 Å². The predicted octanol–water partition coefficient (Wildman–Crippen LogP) is 3.85. The van der Waals surface area contributed by atoms with Gasteiger partial charge in [0.25, 0.3) is 5.91 Å². The number of aryl methyl sites for hydroxylation is 1. The van der Waals surface area contributed by atoms with Crippen molar-refractivity contribution in [2.24, 2.45) is 0 Å². The first-order valence-corrected chi connectivity index (χ1v) is 7.81. The van der Waals surface area contributed by atoms with Gasteiger partial charge < -0.3 is 10.4 Å². The van der Waals surface area contributed by atoms with E-state index >= 15 is 0 Å². The van der Waals surface area contributed by atoms with Crippen LogP contribution in [0.4, 0.5) is 10.1 Å². The summed E-state index contributed by atoms with van der Waals surface area (Å²) in [6.07, 6.45) is -0.575. The lowest BCUT2D eigenvalue weighted by Crippen LogP contribution is -2.36. The molecule has 2 N–H and O–H groups in total. The van der Waals surface area contributed by atoms with Crippen molar-refractivity contribution in [3.8, 4) is 0 Å². The molecular weight excluding hydrogens is 356 g/mol. The fourth-order valence-corrected chi connectivity index (χ4v) is 3.20. The molecule has 1 heterocycles. The summed E-state index contributed by atoms with van der Waals surface area (Å²) in [4.78, 5) is 24.7. The van der Waals surface area contributed by atoms with Gasteiger partial charge in [0.05, 0.1) is 17.1 Å². The predicted molar refractivity (Wildman–Crippen MR) is 89.1 cm³/mol. The van der Waals surface area contributed by atoms with Crippen LogP contribution >= 0.6 is 23.2 Å². The number of nitrogens with one attached hydrogen (secondary N) is 1. The van der Waals surface area contributed by atoms with Gasteiger partial charge in [0.2, 0.25) is 0 Å². The third-order valence-electron chi connectivity index (χ3n) is 4.04. The highest BCUT2D eigenvalue weighted by atomic mass is 35.5. The summed E-state index contributed by atoms with van der Waals surface area (Å²) in [5.74, 6) is -1.92. The number of carbonyl (C=O) groups excluding carboxylic acids is 2. The number of hydrogen-bond donors (Lipinski definition) is 2. The number of Topliss-reactive ketones (excluding diaryl/α,β-unsaturated/α-hetero) is 1. The Kier molecular flexibility index (Phi) is 4.11. The van der Waals surface area contributed by atoms with Crippen molar-refractivity contribution >= 4 is 40.6 Å². The molecule has 1 atom stereocenters. The Bertz CT molecular complexity index is 884. The number of carbonyl (C=O) groups is 2. The van der Waals surface area contributed by atoms with Crippen molar-refractivity contribution in [2.45, 2.75) is 18.9 Å². The van der Waals surface area contributed by atoms with Crippen LogP contribution in [0.1, 0.15) is 27.9 Å². The summed E-state index contributed by atoms with van der Waals surface area (Å²) in [6, 6.07) is 6.89. The lowest BCUT2D eigenvalue weighted by atomic mass is 9.88. The Labute approximate surface area is 147 Å². The van der Waals surface area contributed by atoms with Crippen LogP contribution in [0.3, 0.4) is 0 Å². The molecular formula is C17H12Cl2FNO3. The normalized spacial score (nSPS) is 19.1. The smallest absolute Gasteiger partial charge is 0.261 e. The van der Waals surface area contributed by atoms with Crippen LogP contribution < -0.4 is 5.32 Å². The van der Waals surface area contributed by atoms with E-state index in [9.17, 15) is 19.1 Å². The number of anilines is 1. The summed E-state index contributed by atoms with van der Waals surface area (Å²) in [5.41, 5.74) is -1.47. The highest BCUT2D eigenvalue weighted by Crippen LogP contribution is 2.46. The molecule has 7 heteroatoms. The molecule has 0 bridgehead atoms. The van der Waals surface area contributed by atoms with Crippen molar-refractivity contribution in [2.75, 3.05) is 5.32 Å². The standard InChI is InChI=1S/C17H12Cl2FNO3/c1-8-2-3-9(6-12(8)20)13(22)7-17(24)14-10(18)4-5-11(19)15(14)21-16(17)23/h2-6,24H,7H2,1H3,(H,21,23). The van der Waals surface area contributed by atoms with Gasteiger partial charge in [0, 0.05) is 16.1 Å². The summed E-state index contributed by atoms with van der Waals surface area (Å²) >= 11 is 12.1. The number of fused-ring (bicyclic) bond motifs is 1. The van der Waals surface area contributed by atoms with E-state index in [-0.39, 0.29) is 26.9 Å². The molecule has 3 rings (SSSR count). The molecule has 0 aromatic heterocycles. The Hall–Kier alpha value is -1.95. The zero-order valence-corrected chi connectivity index (χ0v) is 14.0. The number of ketones is 1. The Balaban J connectivity index is 2.01. The minimum atomic E-state index is -2.16. The molecule has 0 radical (unpaired) electrons. The van der Waals surface area contributed by atoms with Gasteiger partial charge in [-0.2, -0.15) is 0 Å². The summed E-state index contributed by atoms with van der Waals surface area (Å²) < 4.78 is 13.6. The van der Waals surface area contributed by atoms with Gasteiger partial charge in [-0.25, -0.2) is 4.39 Å². The first-order valence-electron chi connectivity index (χ1n) is 7.05. The quantitative estimate of drug-likeness (QED) is 0.809. The van der Waals surface area contributed by atoms with Gasteiger partial charge in [-0.05, 0) is 30.7 Å². The second-order valence-electron chi connectivity index (χ2n) is 5.66. The number of amides is 1. The minimum Gasteiger partial charge on any atom is -0.375 e.